The van der Waals surface area contributed by atoms with Crippen molar-refractivity contribution in [2.24, 2.45) is 5.92 Å². The average Bonchev–Trinajstić information content (AvgIpc) is 2.05. The van der Waals surface area contributed by atoms with Crippen molar-refractivity contribution in [3.63, 3.8) is 0 Å². The van der Waals surface area contributed by atoms with Crippen LogP contribution < -0.4 is 0 Å². The number of piperidine rings is 1. The summed E-state index contributed by atoms with van der Waals surface area (Å²) >= 11 is 0. The first-order valence-electron chi connectivity index (χ1n) is 4.43. The van der Waals surface area contributed by atoms with Crippen LogP contribution >= 0.6 is 0 Å². The Morgan fingerprint density at radius 1 is 1.67 bits per heavy atom. The number of hydrogen-bond donors (Lipinski definition) is 0. The van der Waals surface area contributed by atoms with Gasteiger partial charge in [-0.1, -0.05) is 6.92 Å². The van der Waals surface area contributed by atoms with Gasteiger partial charge in [-0.3, -0.25) is 9.59 Å². The minimum absolute atomic E-state index is 0.0842. The van der Waals surface area contributed by atoms with Gasteiger partial charge in [0, 0.05) is 32.4 Å². The normalized spacial score (nSPS) is 24.3. The topological polar surface area (TPSA) is 37.4 Å². The Bertz CT molecular complexity index is 201. The first kappa shape index (κ1) is 9.23. The molecular formula is C9H15NO2. The Morgan fingerprint density at radius 2 is 2.33 bits per heavy atom. The Hall–Kier alpha value is -0.860. The number of Topliss-reactive ketones (excluding diaryl/α,β-unsaturated/α-hetero) is 1. The standard InChI is InChI=1S/C9H15NO2/c1-3-8-6-10(7(2)11)5-4-9(8)12/h8H,3-6H2,1-2H3/t8-/m0/s1. The molecule has 0 aromatic rings. The summed E-state index contributed by atoms with van der Waals surface area (Å²) in [4.78, 5) is 24.0. The van der Waals surface area contributed by atoms with Crippen molar-refractivity contribution in [1.29, 1.82) is 0 Å². The van der Waals surface area contributed by atoms with E-state index in [0.717, 1.165) is 6.42 Å². The van der Waals surface area contributed by atoms with E-state index in [9.17, 15) is 9.59 Å². The van der Waals surface area contributed by atoms with Gasteiger partial charge < -0.3 is 4.90 Å². The van der Waals surface area contributed by atoms with Crippen LogP contribution in [0.2, 0.25) is 0 Å². The van der Waals surface area contributed by atoms with E-state index in [0.29, 0.717) is 25.3 Å². The highest BCUT2D eigenvalue weighted by atomic mass is 16.2. The zero-order chi connectivity index (χ0) is 9.14. The Labute approximate surface area is 72.7 Å². The molecule has 1 fully saturated rings. The van der Waals surface area contributed by atoms with E-state index in [2.05, 4.69) is 0 Å². The molecule has 12 heavy (non-hydrogen) atoms. The molecule has 0 spiro atoms. The summed E-state index contributed by atoms with van der Waals surface area (Å²) in [6.07, 6.45) is 1.39. The SMILES string of the molecule is CC[C@H]1CN(C(C)=O)CCC1=O. The third-order valence-electron chi connectivity index (χ3n) is 2.46. The van der Waals surface area contributed by atoms with Crippen LogP contribution in [0.3, 0.4) is 0 Å². The lowest BCUT2D eigenvalue weighted by atomic mass is 9.94. The Morgan fingerprint density at radius 3 is 2.83 bits per heavy atom. The lowest BCUT2D eigenvalue weighted by molar-refractivity contribution is -0.135. The summed E-state index contributed by atoms with van der Waals surface area (Å²) in [5, 5.41) is 0. The van der Waals surface area contributed by atoms with Crippen LogP contribution in [0.1, 0.15) is 26.7 Å². The molecule has 0 aliphatic carbocycles. The van der Waals surface area contributed by atoms with Crippen molar-refractivity contribution in [1.82, 2.24) is 4.90 Å². The molecule has 0 saturated carbocycles. The van der Waals surface area contributed by atoms with Crippen LogP contribution in [-0.2, 0) is 9.59 Å². The largest absolute Gasteiger partial charge is 0.342 e. The predicted molar refractivity (Wildman–Crippen MR) is 45.7 cm³/mol. The zero-order valence-corrected chi connectivity index (χ0v) is 7.67. The van der Waals surface area contributed by atoms with E-state index in [1.54, 1.807) is 11.8 Å². The molecule has 0 radical (unpaired) electrons. The molecule has 68 valence electrons. The molecule has 3 heteroatoms. The minimum atomic E-state index is 0.0842. The lowest BCUT2D eigenvalue weighted by Crippen LogP contribution is -2.42. The van der Waals surface area contributed by atoms with E-state index in [1.165, 1.54) is 0 Å². The maximum Gasteiger partial charge on any atom is 0.219 e. The van der Waals surface area contributed by atoms with Crippen LogP contribution in [0.4, 0.5) is 0 Å². The fraction of sp³-hybridized carbons (Fsp3) is 0.778. The molecule has 1 rings (SSSR count). The van der Waals surface area contributed by atoms with Gasteiger partial charge in [0.25, 0.3) is 0 Å². The van der Waals surface area contributed by atoms with E-state index < -0.39 is 0 Å². The van der Waals surface area contributed by atoms with E-state index in [-0.39, 0.29) is 11.8 Å². The van der Waals surface area contributed by atoms with Gasteiger partial charge in [0.1, 0.15) is 5.78 Å². The fourth-order valence-corrected chi connectivity index (χ4v) is 1.55. The van der Waals surface area contributed by atoms with Crippen molar-refractivity contribution in [2.45, 2.75) is 26.7 Å². The number of hydrogen-bond acceptors (Lipinski definition) is 2. The van der Waals surface area contributed by atoms with Gasteiger partial charge in [0.05, 0.1) is 0 Å². The number of ketones is 1. The smallest absolute Gasteiger partial charge is 0.219 e. The molecule has 1 amide bonds. The van der Waals surface area contributed by atoms with Crippen molar-refractivity contribution in [2.75, 3.05) is 13.1 Å². The van der Waals surface area contributed by atoms with Gasteiger partial charge in [0.15, 0.2) is 0 Å². The maximum absolute atomic E-state index is 11.3. The van der Waals surface area contributed by atoms with Gasteiger partial charge in [-0.15, -0.1) is 0 Å². The number of rotatable bonds is 1. The zero-order valence-electron chi connectivity index (χ0n) is 7.67. The van der Waals surface area contributed by atoms with E-state index in [1.807, 2.05) is 6.92 Å². The van der Waals surface area contributed by atoms with E-state index in [4.69, 9.17) is 0 Å². The minimum Gasteiger partial charge on any atom is -0.342 e. The highest BCUT2D eigenvalue weighted by molar-refractivity contribution is 5.84. The van der Waals surface area contributed by atoms with Gasteiger partial charge in [-0.2, -0.15) is 0 Å². The summed E-state index contributed by atoms with van der Waals surface area (Å²) in [6.45, 7) is 4.80. The second-order valence-corrected chi connectivity index (χ2v) is 3.29. The van der Waals surface area contributed by atoms with Crippen molar-refractivity contribution in [3.05, 3.63) is 0 Å². The number of carbonyl (C=O) groups excluding carboxylic acids is 2. The second kappa shape index (κ2) is 3.70. The summed E-state index contributed by atoms with van der Waals surface area (Å²) in [7, 11) is 0. The van der Waals surface area contributed by atoms with Gasteiger partial charge in [-0.05, 0) is 6.42 Å². The van der Waals surface area contributed by atoms with Crippen LogP contribution in [0.5, 0.6) is 0 Å². The summed E-state index contributed by atoms with van der Waals surface area (Å²) < 4.78 is 0. The molecule has 3 nitrogen and oxygen atoms in total. The maximum atomic E-state index is 11.3. The van der Waals surface area contributed by atoms with Crippen molar-refractivity contribution < 1.29 is 9.59 Å². The predicted octanol–water partition coefficient (Wildman–Crippen LogP) is 0.834. The average molecular weight is 169 g/mol. The Balaban J connectivity index is 2.55. The number of carbonyl (C=O) groups is 2. The quantitative estimate of drug-likeness (QED) is 0.583. The second-order valence-electron chi connectivity index (χ2n) is 3.29. The lowest BCUT2D eigenvalue weighted by Gasteiger charge is -2.30. The van der Waals surface area contributed by atoms with Crippen LogP contribution in [0.25, 0.3) is 0 Å². The molecule has 1 aliphatic rings. The van der Waals surface area contributed by atoms with Crippen molar-refractivity contribution >= 4 is 11.7 Å². The van der Waals surface area contributed by atoms with E-state index >= 15 is 0 Å². The highest BCUT2D eigenvalue weighted by Crippen LogP contribution is 2.15. The van der Waals surface area contributed by atoms with Crippen LogP contribution in [-0.4, -0.2) is 29.7 Å². The summed E-state index contributed by atoms with van der Waals surface area (Å²) in [5.41, 5.74) is 0. The number of nitrogens with zero attached hydrogens (tertiary/aromatic N) is 1. The molecule has 0 N–H and O–H groups in total. The molecule has 1 heterocycles. The monoisotopic (exact) mass is 169 g/mol. The fourth-order valence-electron chi connectivity index (χ4n) is 1.55. The molecule has 0 unspecified atom stereocenters. The third-order valence-corrected chi connectivity index (χ3v) is 2.46. The first-order chi connectivity index (χ1) is 5.65. The van der Waals surface area contributed by atoms with Gasteiger partial charge in [0.2, 0.25) is 5.91 Å². The molecule has 1 aliphatic heterocycles. The first-order valence-corrected chi connectivity index (χ1v) is 4.43. The highest BCUT2D eigenvalue weighted by Gasteiger charge is 2.26. The molecule has 1 saturated heterocycles. The summed E-state index contributed by atoms with van der Waals surface area (Å²) in [5.74, 6) is 0.485. The van der Waals surface area contributed by atoms with Gasteiger partial charge in [-0.25, -0.2) is 0 Å². The van der Waals surface area contributed by atoms with Crippen molar-refractivity contribution in [3.8, 4) is 0 Å². The molecule has 0 aromatic carbocycles. The van der Waals surface area contributed by atoms with Crippen LogP contribution in [0, 0.1) is 5.92 Å². The molecule has 1 atom stereocenters. The Kier molecular flexibility index (Phi) is 2.84. The number of likely N-dealkylation sites (tertiary alicyclic amines) is 1. The number of amides is 1. The van der Waals surface area contributed by atoms with Gasteiger partial charge >= 0.3 is 0 Å². The van der Waals surface area contributed by atoms with Crippen LogP contribution in [0.15, 0.2) is 0 Å². The third kappa shape index (κ3) is 1.84. The molecule has 0 bridgehead atoms. The molecular weight excluding hydrogens is 154 g/mol. The molecule has 0 aromatic heterocycles. The summed E-state index contributed by atoms with van der Waals surface area (Å²) in [6, 6.07) is 0.